The predicted octanol–water partition coefficient (Wildman–Crippen LogP) is 2.40. The third-order valence-electron chi connectivity index (χ3n) is 5.55. The van der Waals surface area contributed by atoms with Gasteiger partial charge in [-0.2, -0.15) is 0 Å². The van der Waals surface area contributed by atoms with Crippen LogP contribution in [0.4, 0.5) is 11.4 Å². The molecule has 2 aromatic rings. The average Bonchev–Trinajstić information content (AvgIpc) is 3.27. The van der Waals surface area contributed by atoms with Crippen molar-refractivity contribution in [2.45, 2.75) is 26.8 Å². The summed E-state index contributed by atoms with van der Waals surface area (Å²) >= 11 is 1.51. The first-order valence-electron chi connectivity index (χ1n) is 10.3. The molecule has 8 nitrogen and oxygen atoms in total. The van der Waals surface area contributed by atoms with Crippen molar-refractivity contribution < 1.29 is 14.4 Å². The van der Waals surface area contributed by atoms with E-state index in [0.717, 1.165) is 16.7 Å². The molecular formula is C23H25N5O3S. The Morgan fingerprint density at radius 3 is 2.56 bits per heavy atom. The quantitative estimate of drug-likeness (QED) is 0.745. The highest BCUT2D eigenvalue weighted by Gasteiger charge is 2.38. The van der Waals surface area contributed by atoms with Gasteiger partial charge < -0.3 is 10.2 Å². The monoisotopic (exact) mass is 451 g/mol. The molecule has 2 aliphatic rings. The summed E-state index contributed by atoms with van der Waals surface area (Å²) in [5.74, 6) is 0.0236. The number of aryl methyl sites for hydroxylation is 3. The van der Waals surface area contributed by atoms with Crippen LogP contribution in [-0.4, -0.2) is 52.7 Å². The zero-order chi connectivity index (χ0) is 22.8. The van der Waals surface area contributed by atoms with Crippen LogP contribution in [0.5, 0.6) is 0 Å². The van der Waals surface area contributed by atoms with Crippen LogP contribution in [0.15, 0.2) is 47.5 Å². The molecule has 166 valence electrons. The van der Waals surface area contributed by atoms with Gasteiger partial charge in [0, 0.05) is 11.4 Å². The largest absolute Gasteiger partial charge is 0.324 e. The molecule has 0 radical (unpaired) electrons. The van der Waals surface area contributed by atoms with Crippen LogP contribution >= 0.6 is 11.8 Å². The van der Waals surface area contributed by atoms with E-state index in [4.69, 9.17) is 0 Å². The van der Waals surface area contributed by atoms with E-state index >= 15 is 0 Å². The number of aliphatic imine (C=N–C) groups is 1. The fraction of sp³-hybridized carbons (Fsp3) is 0.304. The second kappa shape index (κ2) is 9.04. The van der Waals surface area contributed by atoms with Crippen molar-refractivity contribution in [1.29, 1.82) is 0 Å². The number of amidine groups is 1. The number of rotatable bonds is 4. The molecule has 2 heterocycles. The highest BCUT2D eigenvalue weighted by Crippen LogP contribution is 2.24. The molecular weight excluding hydrogens is 426 g/mol. The zero-order valence-electron chi connectivity index (χ0n) is 18.2. The van der Waals surface area contributed by atoms with Crippen LogP contribution in [0, 0.1) is 20.8 Å². The first kappa shape index (κ1) is 21.9. The van der Waals surface area contributed by atoms with Gasteiger partial charge in [0.15, 0.2) is 0 Å². The first-order valence-corrected chi connectivity index (χ1v) is 11.5. The normalized spacial score (nSPS) is 18.3. The Balaban J connectivity index is 1.47. The Kier molecular flexibility index (Phi) is 6.18. The highest BCUT2D eigenvalue weighted by atomic mass is 32.2. The minimum Gasteiger partial charge on any atom is -0.324 e. The third-order valence-corrected chi connectivity index (χ3v) is 6.57. The molecule has 3 amide bonds. The Bertz CT molecular complexity index is 1100. The van der Waals surface area contributed by atoms with Crippen LogP contribution < -0.4 is 15.8 Å². The van der Waals surface area contributed by atoms with Crippen LogP contribution in [0.3, 0.4) is 0 Å². The van der Waals surface area contributed by atoms with E-state index in [1.165, 1.54) is 21.7 Å². The van der Waals surface area contributed by atoms with Crippen molar-refractivity contribution in [1.82, 2.24) is 10.3 Å². The maximum Gasteiger partial charge on any atom is 0.292 e. The maximum absolute atomic E-state index is 13.2. The lowest BCUT2D eigenvalue weighted by Crippen LogP contribution is -2.58. The van der Waals surface area contributed by atoms with E-state index in [1.54, 1.807) is 12.1 Å². The number of anilines is 2. The number of hydrazine groups is 1. The van der Waals surface area contributed by atoms with E-state index in [1.807, 2.05) is 51.1 Å². The Morgan fingerprint density at radius 2 is 1.84 bits per heavy atom. The number of amides is 3. The standard InChI is InChI=1S/C23H25N5O3S/c1-14-4-8-18(9-5-14)28-20(29)11-24-21(26-28)23(31)27-13-32-12-19(27)22(30)25-17-7-6-15(2)16(3)10-17/h4-10,19H,11-13H2,1-3H3,(H,24,26)(H,25,30). The molecule has 2 N–H and O–H groups in total. The summed E-state index contributed by atoms with van der Waals surface area (Å²) < 4.78 is 0. The Morgan fingerprint density at radius 1 is 1.09 bits per heavy atom. The van der Waals surface area contributed by atoms with Crippen molar-refractivity contribution in [2.24, 2.45) is 4.99 Å². The average molecular weight is 452 g/mol. The zero-order valence-corrected chi connectivity index (χ0v) is 19.0. The minimum absolute atomic E-state index is 0.0525. The molecule has 0 bridgehead atoms. The van der Waals surface area contributed by atoms with Crippen molar-refractivity contribution in [3.05, 3.63) is 59.2 Å². The summed E-state index contributed by atoms with van der Waals surface area (Å²) in [6, 6.07) is 12.5. The van der Waals surface area contributed by atoms with Gasteiger partial charge in [-0.15, -0.1) is 11.8 Å². The smallest absolute Gasteiger partial charge is 0.292 e. The fourth-order valence-electron chi connectivity index (χ4n) is 3.48. The summed E-state index contributed by atoms with van der Waals surface area (Å²) in [4.78, 5) is 44.1. The number of hydrogen-bond donors (Lipinski definition) is 2. The van der Waals surface area contributed by atoms with Crippen LogP contribution in [0.2, 0.25) is 0 Å². The lowest BCUT2D eigenvalue weighted by Gasteiger charge is -2.30. The number of hydrogen-bond acceptors (Lipinski definition) is 6. The SMILES string of the molecule is Cc1ccc(N2NC(C(=O)N3CSCC3C(=O)Nc3ccc(C)c(C)c3)=NCC2=O)cc1. The van der Waals surface area contributed by atoms with Crippen LogP contribution in [0.25, 0.3) is 0 Å². The minimum atomic E-state index is -0.621. The third kappa shape index (κ3) is 4.47. The second-order valence-electron chi connectivity index (χ2n) is 7.92. The predicted molar refractivity (Wildman–Crippen MR) is 127 cm³/mol. The van der Waals surface area contributed by atoms with Gasteiger partial charge in [0.05, 0.1) is 11.6 Å². The van der Waals surface area contributed by atoms with Crippen molar-refractivity contribution in [3.8, 4) is 0 Å². The fourth-order valence-corrected chi connectivity index (χ4v) is 4.63. The number of benzene rings is 2. The molecule has 9 heteroatoms. The lowest BCUT2D eigenvalue weighted by atomic mass is 10.1. The molecule has 2 aromatic carbocycles. The van der Waals surface area contributed by atoms with E-state index in [-0.39, 0.29) is 24.2 Å². The molecule has 32 heavy (non-hydrogen) atoms. The number of carbonyl (C=O) groups is 3. The van der Waals surface area contributed by atoms with Gasteiger partial charge in [-0.3, -0.25) is 24.8 Å². The van der Waals surface area contributed by atoms with E-state index < -0.39 is 11.9 Å². The molecule has 1 saturated heterocycles. The molecule has 1 atom stereocenters. The lowest BCUT2D eigenvalue weighted by molar-refractivity contribution is -0.131. The van der Waals surface area contributed by atoms with Gasteiger partial charge >= 0.3 is 0 Å². The summed E-state index contributed by atoms with van der Waals surface area (Å²) in [6.45, 7) is 5.82. The molecule has 0 spiro atoms. The van der Waals surface area contributed by atoms with Gasteiger partial charge in [-0.1, -0.05) is 23.8 Å². The van der Waals surface area contributed by atoms with Gasteiger partial charge in [-0.25, -0.2) is 5.01 Å². The van der Waals surface area contributed by atoms with Crippen molar-refractivity contribution in [3.63, 3.8) is 0 Å². The first-order chi connectivity index (χ1) is 15.3. The summed E-state index contributed by atoms with van der Waals surface area (Å²) in [5.41, 5.74) is 7.46. The highest BCUT2D eigenvalue weighted by molar-refractivity contribution is 7.99. The molecule has 2 aliphatic heterocycles. The van der Waals surface area contributed by atoms with Crippen molar-refractivity contribution in [2.75, 3.05) is 28.5 Å². The molecule has 1 unspecified atom stereocenters. The number of nitrogens with zero attached hydrogens (tertiary/aromatic N) is 3. The topological polar surface area (TPSA) is 94.1 Å². The van der Waals surface area contributed by atoms with Crippen LogP contribution in [0.1, 0.15) is 16.7 Å². The number of nitrogens with one attached hydrogen (secondary N) is 2. The van der Waals surface area contributed by atoms with Gasteiger partial charge in [-0.05, 0) is 56.2 Å². The molecule has 0 aromatic heterocycles. The second-order valence-corrected chi connectivity index (χ2v) is 8.92. The summed E-state index contributed by atoms with van der Waals surface area (Å²) in [5, 5.41) is 4.24. The Labute approximate surface area is 191 Å². The van der Waals surface area contributed by atoms with Crippen LogP contribution in [-0.2, 0) is 14.4 Å². The summed E-state index contributed by atoms with van der Waals surface area (Å²) in [7, 11) is 0. The van der Waals surface area contributed by atoms with Gasteiger partial charge in [0.2, 0.25) is 11.7 Å². The molecule has 1 fully saturated rings. The number of thioether (sulfide) groups is 1. The molecule has 0 aliphatic carbocycles. The summed E-state index contributed by atoms with van der Waals surface area (Å²) in [6.07, 6.45) is 0. The van der Waals surface area contributed by atoms with E-state index in [2.05, 4.69) is 15.7 Å². The van der Waals surface area contributed by atoms with Gasteiger partial charge in [0.25, 0.3) is 11.8 Å². The van der Waals surface area contributed by atoms with E-state index in [9.17, 15) is 14.4 Å². The van der Waals surface area contributed by atoms with Gasteiger partial charge in [0.1, 0.15) is 12.6 Å². The van der Waals surface area contributed by atoms with E-state index in [0.29, 0.717) is 23.0 Å². The number of carbonyl (C=O) groups excluding carboxylic acids is 3. The van der Waals surface area contributed by atoms with Crippen molar-refractivity contribution >= 4 is 46.7 Å². The molecule has 0 saturated carbocycles. The molecule has 4 rings (SSSR count). The maximum atomic E-state index is 13.2. The Hall–Kier alpha value is -3.33.